The summed E-state index contributed by atoms with van der Waals surface area (Å²) in [6.07, 6.45) is 4.74. The molecule has 1 amide bonds. The number of pyridine rings is 1. The Balaban J connectivity index is 1.45. The molecular weight excluding hydrogens is 418 g/mol. The van der Waals surface area contributed by atoms with Crippen molar-refractivity contribution < 1.29 is 17.6 Å². The number of sulfonamides is 1. The molecule has 0 bridgehead atoms. The lowest BCUT2D eigenvalue weighted by molar-refractivity contribution is 0.102. The fourth-order valence-corrected chi connectivity index (χ4v) is 4.03. The van der Waals surface area contributed by atoms with Crippen LogP contribution < -0.4 is 10.0 Å². The quantitative estimate of drug-likeness (QED) is 0.456. The summed E-state index contributed by atoms with van der Waals surface area (Å²) >= 11 is 0. The molecule has 0 saturated heterocycles. The summed E-state index contributed by atoms with van der Waals surface area (Å²) in [5.74, 6) is 0.133. The average Bonchev–Trinajstić information content (AvgIpc) is 3.42. The molecule has 4 aromatic rings. The van der Waals surface area contributed by atoms with Crippen molar-refractivity contribution in [1.82, 2.24) is 19.5 Å². The Morgan fingerprint density at radius 2 is 1.94 bits per heavy atom. The zero-order chi connectivity index (χ0) is 22.0. The molecule has 0 aliphatic carbocycles. The van der Waals surface area contributed by atoms with Gasteiger partial charge in [-0.15, -0.1) is 0 Å². The van der Waals surface area contributed by atoms with Crippen molar-refractivity contribution in [3.8, 4) is 0 Å². The number of nitrogens with one attached hydrogen (secondary N) is 2. The maximum absolute atomic E-state index is 12.6. The molecule has 31 heavy (non-hydrogen) atoms. The second-order valence-electron chi connectivity index (χ2n) is 7.20. The largest absolute Gasteiger partial charge is 0.468 e. The van der Waals surface area contributed by atoms with Crippen LogP contribution in [0.5, 0.6) is 0 Å². The van der Waals surface area contributed by atoms with Crippen LogP contribution in [0.1, 0.15) is 36.0 Å². The van der Waals surface area contributed by atoms with E-state index in [9.17, 15) is 13.2 Å². The molecule has 3 aromatic heterocycles. The summed E-state index contributed by atoms with van der Waals surface area (Å²) < 4.78 is 34.2. The Hall–Kier alpha value is -3.50. The number of nitrogens with zero attached hydrogens (tertiary/aromatic N) is 3. The van der Waals surface area contributed by atoms with Crippen LogP contribution in [-0.4, -0.2) is 29.1 Å². The fourth-order valence-electron chi connectivity index (χ4n) is 3.04. The molecule has 0 radical (unpaired) electrons. The number of benzene rings is 1. The monoisotopic (exact) mass is 439 g/mol. The predicted octanol–water partition coefficient (Wildman–Crippen LogP) is 3.34. The third-order valence-corrected chi connectivity index (χ3v) is 6.04. The highest BCUT2D eigenvalue weighted by Gasteiger charge is 2.16. The number of hydrogen-bond donors (Lipinski definition) is 2. The first-order chi connectivity index (χ1) is 14.8. The summed E-state index contributed by atoms with van der Waals surface area (Å²) in [4.78, 5) is 17.0. The number of aromatic nitrogens is 3. The first kappa shape index (κ1) is 20.8. The van der Waals surface area contributed by atoms with Crippen LogP contribution in [0.4, 0.5) is 5.69 Å². The van der Waals surface area contributed by atoms with E-state index >= 15 is 0 Å². The molecule has 3 heterocycles. The molecule has 1 aromatic carbocycles. The van der Waals surface area contributed by atoms with Gasteiger partial charge in [-0.25, -0.2) is 22.8 Å². The van der Waals surface area contributed by atoms with Crippen molar-refractivity contribution in [2.75, 3.05) is 5.32 Å². The van der Waals surface area contributed by atoms with E-state index < -0.39 is 10.0 Å². The number of fused-ring (bicyclic) bond motifs is 1. The fraction of sp³-hybridized carbons (Fsp3) is 0.190. The zero-order valence-corrected chi connectivity index (χ0v) is 17.8. The Kier molecular flexibility index (Phi) is 5.57. The summed E-state index contributed by atoms with van der Waals surface area (Å²) in [6, 6.07) is 11.0. The molecule has 0 fully saturated rings. The van der Waals surface area contributed by atoms with Gasteiger partial charge >= 0.3 is 0 Å². The van der Waals surface area contributed by atoms with Crippen molar-refractivity contribution in [3.05, 3.63) is 72.4 Å². The van der Waals surface area contributed by atoms with Gasteiger partial charge in [-0.2, -0.15) is 5.10 Å². The number of carbonyl (C=O) groups excluding carboxylic acids is 1. The average molecular weight is 439 g/mol. The third kappa shape index (κ3) is 4.49. The predicted molar refractivity (Wildman–Crippen MR) is 115 cm³/mol. The van der Waals surface area contributed by atoms with E-state index in [4.69, 9.17) is 4.42 Å². The van der Waals surface area contributed by atoms with Gasteiger partial charge in [0.2, 0.25) is 10.0 Å². The summed E-state index contributed by atoms with van der Waals surface area (Å²) in [7, 11) is -3.73. The molecule has 0 spiro atoms. The standard InChI is InChI=1S/C21H21N5O4S/c1-14(2)26-20-16(11-23-26)10-17(12-22-20)25-21(27)15-5-7-19(8-6-15)31(28,29)24-13-18-4-3-9-30-18/h3-12,14,24H,13H2,1-2H3,(H,25,27). The van der Waals surface area contributed by atoms with Gasteiger partial charge in [-0.05, 0) is 56.3 Å². The number of amides is 1. The van der Waals surface area contributed by atoms with E-state index in [1.54, 1.807) is 35.3 Å². The first-order valence-corrected chi connectivity index (χ1v) is 11.1. The lowest BCUT2D eigenvalue weighted by Crippen LogP contribution is -2.23. The van der Waals surface area contributed by atoms with Gasteiger partial charge in [-0.1, -0.05) is 0 Å². The second-order valence-corrected chi connectivity index (χ2v) is 8.97. The maximum atomic E-state index is 12.6. The van der Waals surface area contributed by atoms with Crippen molar-refractivity contribution in [2.45, 2.75) is 31.3 Å². The van der Waals surface area contributed by atoms with Crippen molar-refractivity contribution >= 4 is 32.7 Å². The van der Waals surface area contributed by atoms with Crippen LogP contribution in [0.25, 0.3) is 11.0 Å². The van der Waals surface area contributed by atoms with Gasteiger partial charge in [0, 0.05) is 17.0 Å². The van der Waals surface area contributed by atoms with Gasteiger partial charge in [0.1, 0.15) is 5.76 Å². The number of hydrogen-bond acceptors (Lipinski definition) is 6. The Bertz CT molecular complexity index is 1310. The summed E-state index contributed by atoms with van der Waals surface area (Å²) in [6.45, 7) is 4.07. The normalized spacial score (nSPS) is 11.8. The Labute approximate surface area is 179 Å². The molecule has 4 rings (SSSR count). The number of furan rings is 1. The molecule has 160 valence electrons. The zero-order valence-electron chi connectivity index (χ0n) is 16.9. The van der Waals surface area contributed by atoms with Crippen LogP contribution >= 0.6 is 0 Å². The van der Waals surface area contributed by atoms with Crippen LogP contribution in [-0.2, 0) is 16.6 Å². The minimum Gasteiger partial charge on any atom is -0.468 e. The highest BCUT2D eigenvalue weighted by molar-refractivity contribution is 7.89. The number of rotatable bonds is 7. The molecular formula is C21H21N5O4S. The second kappa shape index (κ2) is 8.32. The van der Waals surface area contributed by atoms with Crippen molar-refractivity contribution in [2.24, 2.45) is 0 Å². The summed E-state index contributed by atoms with van der Waals surface area (Å²) in [5.41, 5.74) is 1.59. The van der Waals surface area contributed by atoms with Gasteiger partial charge in [0.15, 0.2) is 5.65 Å². The maximum Gasteiger partial charge on any atom is 0.255 e. The van der Waals surface area contributed by atoms with E-state index in [-0.39, 0.29) is 23.4 Å². The molecule has 0 atom stereocenters. The van der Waals surface area contributed by atoms with E-state index in [2.05, 4.69) is 20.1 Å². The van der Waals surface area contributed by atoms with Crippen LogP contribution in [0.15, 0.2) is 70.4 Å². The van der Waals surface area contributed by atoms with Crippen LogP contribution in [0.2, 0.25) is 0 Å². The molecule has 9 nitrogen and oxygen atoms in total. The number of anilines is 1. The van der Waals surface area contributed by atoms with E-state index in [1.807, 2.05) is 13.8 Å². The van der Waals surface area contributed by atoms with Gasteiger partial charge in [0.25, 0.3) is 5.91 Å². The lowest BCUT2D eigenvalue weighted by atomic mass is 10.2. The van der Waals surface area contributed by atoms with Crippen molar-refractivity contribution in [3.63, 3.8) is 0 Å². The molecule has 0 aliphatic heterocycles. The first-order valence-electron chi connectivity index (χ1n) is 9.60. The topological polar surface area (TPSA) is 119 Å². The summed E-state index contributed by atoms with van der Waals surface area (Å²) in [5, 5.41) is 7.90. The Morgan fingerprint density at radius 3 is 2.61 bits per heavy atom. The SMILES string of the molecule is CC(C)n1ncc2cc(NC(=O)c3ccc(S(=O)(=O)NCc4ccco4)cc3)cnc21. The molecule has 2 N–H and O–H groups in total. The lowest BCUT2D eigenvalue weighted by Gasteiger charge is -2.09. The highest BCUT2D eigenvalue weighted by atomic mass is 32.2. The van der Waals surface area contributed by atoms with E-state index in [0.717, 1.165) is 11.0 Å². The van der Waals surface area contributed by atoms with Gasteiger partial charge in [0.05, 0.1) is 35.8 Å². The van der Waals surface area contributed by atoms with Gasteiger partial charge < -0.3 is 9.73 Å². The highest BCUT2D eigenvalue weighted by Crippen LogP contribution is 2.20. The van der Waals surface area contributed by atoms with Crippen molar-refractivity contribution in [1.29, 1.82) is 0 Å². The molecule has 0 aliphatic rings. The molecule has 0 saturated carbocycles. The minimum absolute atomic E-state index is 0.0421. The van der Waals surface area contributed by atoms with E-state index in [0.29, 0.717) is 17.0 Å². The number of carbonyl (C=O) groups is 1. The molecule has 10 heteroatoms. The molecule has 0 unspecified atom stereocenters. The smallest absolute Gasteiger partial charge is 0.255 e. The minimum atomic E-state index is -3.73. The van der Waals surface area contributed by atoms with E-state index in [1.165, 1.54) is 30.5 Å². The third-order valence-electron chi connectivity index (χ3n) is 4.62. The van der Waals surface area contributed by atoms with Crippen LogP contribution in [0.3, 0.4) is 0 Å². The van der Waals surface area contributed by atoms with Gasteiger partial charge in [-0.3, -0.25) is 4.79 Å². The Morgan fingerprint density at radius 1 is 1.16 bits per heavy atom. The van der Waals surface area contributed by atoms with Crippen LogP contribution in [0, 0.1) is 0 Å².